The van der Waals surface area contributed by atoms with E-state index in [1.165, 1.54) is 0 Å². The molecule has 0 saturated heterocycles. The van der Waals surface area contributed by atoms with Gasteiger partial charge in [0.25, 0.3) is 0 Å². The van der Waals surface area contributed by atoms with Crippen LogP contribution < -0.4 is 4.74 Å². The van der Waals surface area contributed by atoms with E-state index in [0.717, 1.165) is 29.0 Å². The van der Waals surface area contributed by atoms with Gasteiger partial charge in [0.15, 0.2) is 11.0 Å². The van der Waals surface area contributed by atoms with Crippen molar-refractivity contribution in [2.75, 3.05) is 5.75 Å². The first kappa shape index (κ1) is 14.2. The van der Waals surface area contributed by atoms with Crippen molar-refractivity contribution >= 4 is 23.4 Å². The van der Waals surface area contributed by atoms with Crippen LogP contribution in [0.5, 0.6) is 5.75 Å². The minimum Gasteiger partial charge on any atom is -0.486 e. The van der Waals surface area contributed by atoms with Gasteiger partial charge in [0.1, 0.15) is 12.4 Å². The second-order valence-corrected chi connectivity index (χ2v) is 5.49. The molecular formula is C13H16ClN3OS. The van der Waals surface area contributed by atoms with E-state index in [4.69, 9.17) is 16.3 Å². The third kappa shape index (κ3) is 3.64. The average Bonchev–Trinajstić information content (AvgIpc) is 2.81. The van der Waals surface area contributed by atoms with Crippen LogP contribution in [0.1, 0.15) is 19.7 Å². The topological polar surface area (TPSA) is 39.9 Å². The van der Waals surface area contributed by atoms with Crippen molar-refractivity contribution in [2.24, 2.45) is 0 Å². The standard InChI is InChI=1S/C13H16ClN3OS/c1-3-17-12(15-16-13(17)19-4-2)9-18-11-7-5-10(14)6-8-11/h5-8H,3-4,9H2,1-2H3. The van der Waals surface area contributed by atoms with Crippen molar-refractivity contribution in [3.8, 4) is 5.75 Å². The van der Waals surface area contributed by atoms with E-state index in [1.54, 1.807) is 23.9 Å². The molecular weight excluding hydrogens is 282 g/mol. The van der Waals surface area contributed by atoms with Gasteiger partial charge < -0.3 is 9.30 Å². The first-order valence-corrected chi connectivity index (χ1v) is 7.54. The summed E-state index contributed by atoms with van der Waals surface area (Å²) in [5, 5.41) is 10.0. The maximum absolute atomic E-state index is 5.83. The molecule has 1 aromatic heterocycles. The summed E-state index contributed by atoms with van der Waals surface area (Å²) in [6.45, 7) is 5.43. The summed E-state index contributed by atoms with van der Waals surface area (Å²) < 4.78 is 7.76. The van der Waals surface area contributed by atoms with Crippen LogP contribution in [0.2, 0.25) is 5.02 Å². The highest BCUT2D eigenvalue weighted by Gasteiger charge is 2.10. The van der Waals surface area contributed by atoms with Crippen molar-refractivity contribution in [3.63, 3.8) is 0 Å². The Morgan fingerprint density at radius 2 is 1.95 bits per heavy atom. The molecule has 1 aromatic carbocycles. The summed E-state index contributed by atoms with van der Waals surface area (Å²) >= 11 is 7.52. The molecule has 1 heterocycles. The number of halogens is 1. The predicted molar refractivity (Wildman–Crippen MR) is 77.9 cm³/mol. The Labute approximate surface area is 122 Å². The molecule has 0 fully saturated rings. The van der Waals surface area contributed by atoms with E-state index in [1.807, 2.05) is 12.1 Å². The van der Waals surface area contributed by atoms with Gasteiger partial charge in [-0.2, -0.15) is 0 Å². The predicted octanol–water partition coefficient (Wildman–Crippen LogP) is 3.64. The number of thioether (sulfide) groups is 1. The van der Waals surface area contributed by atoms with Crippen molar-refractivity contribution < 1.29 is 4.74 Å². The van der Waals surface area contributed by atoms with E-state index >= 15 is 0 Å². The Morgan fingerprint density at radius 3 is 2.58 bits per heavy atom. The van der Waals surface area contributed by atoms with Crippen molar-refractivity contribution in [1.29, 1.82) is 0 Å². The lowest BCUT2D eigenvalue weighted by Crippen LogP contribution is -2.07. The van der Waals surface area contributed by atoms with Gasteiger partial charge in [-0.05, 0) is 36.9 Å². The highest BCUT2D eigenvalue weighted by atomic mass is 35.5. The molecule has 0 aliphatic rings. The van der Waals surface area contributed by atoms with Gasteiger partial charge in [-0.3, -0.25) is 0 Å². The van der Waals surface area contributed by atoms with E-state index in [0.29, 0.717) is 11.6 Å². The molecule has 0 bridgehead atoms. The Hall–Kier alpha value is -1.20. The molecule has 4 nitrogen and oxygen atoms in total. The minimum absolute atomic E-state index is 0.409. The van der Waals surface area contributed by atoms with Crippen LogP contribution in [0.3, 0.4) is 0 Å². The van der Waals surface area contributed by atoms with Crippen LogP contribution >= 0.6 is 23.4 Å². The molecule has 0 aliphatic carbocycles. The average molecular weight is 298 g/mol. The molecule has 0 saturated carbocycles. The third-order valence-electron chi connectivity index (χ3n) is 2.56. The van der Waals surface area contributed by atoms with Crippen molar-refractivity contribution in [3.05, 3.63) is 35.1 Å². The summed E-state index contributed by atoms with van der Waals surface area (Å²) in [6, 6.07) is 7.30. The maximum atomic E-state index is 5.83. The minimum atomic E-state index is 0.409. The van der Waals surface area contributed by atoms with E-state index in [9.17, 15) is 0 Å². The van der Waals surface area contributed by atoms with E-state index in [2.05, 4.69) is 28.6 Å². The fraction of sp³-hybridized carbons (Fsp3) is 0.385. The molecule has 0 radical (unpaired) electrons. The van der Waals surface area contributed by atoms with Crippen LogP contribution in [0.15, 0.2) is 29.4 Å². The third-order valence-corrected chi connectivity index (χ3v) is 3.67. The Kier molecular flexibility index (Phi) is 5.10. The number of rotatable bonds is 6. The van der Waals surface area contributed by atoms with Crippen LogP contribution in [0.4, 0.5) is 0 Å². The summed E-state index contributed by atoms with van der Waals surface area (Å²) in [6.07, 6.45) is 0. The summed E-state index contributed by atoms with van der Waals surface area (Å²) in [7, 11) is 0. The number of aromatic nitrogens is 3. The highest BCUT2D eigenvalue weighted by Crippen LogP contribution is 2.19. The lowest BCUT2D eigenvalue weighted by molar-refractivity contribution is 0.288. The van der Waals surface area contributed by atoms with Gasteiger partial charge in [-0.25, -0.2) is 0 Å². The lowest BCUT2D eigenvalue weighted by Gasteiger charge is -2.08. The van der Waals surface area contributed by atoms with E-state index < -0.39 is 0 Å². The van der Waals surface area contributed by atoms with Gasteiger partial charge in [0.05, 0.1) is 0 Å². The summed E-state index contributed by atoms with van der Waals surface area (Å²) in [5.74, 6) is 2.60. The van der Waals surface area contributed by atoms with Crippen LogP contribution in [0.25, 0.3) is 0 Å². The van der Waals surface area contributed by atoms with Gasteiger partial charge in [-0.1, -0.05) is 30.3 Å². The molecule has 102 valence electrons. The lowest BCUT2D eigenvalue weighted by atomic mass is 10.3. The summed E-state index contributed by atoms with van der Waals surface area (Å²) in [5.41, 5.74) is 0. The molecule has 0 atom stereocenters. The molecule has 19 heavy (non-hydrogen) atoms. The largest absolute Gasteiger partial charge is 0.486 e. The number of hydrogen-bond acceptors (Lipinski definition) is 4. The molecule has 0 N–H and O–H groups in total. The number of benzene rings is 1. The first-order valence-electron chi connectivity index (χ1n) is 6.17. The van der Waals surface area contributed by atoms with Crippen LogP contribution in [-0.4, -0.2) is 20.5 Å². The zero-order chi connectivity index (χ0) is 13.7. The number of hydrogen-bond donors (Lipinski definition) is 0. The van der Waals surface area contributed by atoms with Gasteiger partial charge in [-0.15, -0.1) is 10.2 Å². The zero-order valence-electron chi connectivity index (χ0n) is 11.0. The fourth-order valence-electron chi connectivity index (χ4n) is 1.66. The molecule has 0 unspecified atom stereocenters. The second kappa shape index (κ2) is 6.82. The monoisotopic (exact) mass is 297 g/mol. The first-order chi connectivity index (χ1) is 9.24. The second-order valence-electron chi connectivity index (χ2n) is 3.82. The quantitative estimate of drug-likeness (QED) is 0.763. The van der Waals surface area contributed by atoms with Crippen LogP contribution in [0, 0.1) is 0 Å². The number of nitrogens with zero attached hydrogens (tertiary/aromatic N) is 3. The van der Waals surface area contributed by atoms with E-state index in [-0.39, 0.29) is 0 Å². The number of ether oxygens (including phenoxy) is 1. The van der Waals surface area contributed by atoms with Crippen molar-refractivity contribution in [2.45, 2.75) is 32.2 Å². The molecule has 2 rings (SSSR count). The fourth-order valence-corrected chi connectivity index (χ4v) is 2.53. The smallest absolute Gasteiger partial charge is 0.191 e. The van der Waals surface area contributed by atoms with Gasteiger partial charge in [0.2, 0.25) is 0 Å². The molecule has 2 aromatic rings. The molecule has 0 amide bonds. The Bertz CT molecular complexity index is 527. The van der Waals surface area contributed by atoms with Gasteiger partial charge >= 0.3 is 0 Å². The Balaban J connectivity index is 2.04. The Morgan fingerprint density at radius 1 is 1.21 bits per heavy atom. The zero-order valence-corrected chi connectivity index (χ0v) is 12.5. The van der Waals surface area contributed by atoms with Crippen LogP contribution in [-0.2, 0) is 13.2 Å². The molecule has 6 heteroatoms. The molecule has 0 aliphatic heterocycles. The van der Waals surface area contributed by atoms with Gasteiger partial charge in [0, 0.05) is 11.6 Å². The SMILES string of the molecule is CCSc1nnc(COc2ccc(Cl)cc2)n1CC. The maximum Gasteiger partial charge on any atom is 0.191 e. The highest BCUT2D eigenvalue weighted by molar-refractivity contribution is 7.99. The molecule has 0 spiro atoms. The van der Waals surface area contributed by atoms with Crippen molar-refractivity contribution in [1.82, 2.24) is 14.8 Å². The summed E-state index contributed by atoms with van der Waals surface area (Å²) in [4.78, 5) is 0. The normalized spacial score (nSPS) is 10.7.